The lowest BCUT2D eigenvalue weighted by Gasteiger charge is -2.04. The molecule has 166 valence electrons. The van der Waals surface area contributed by atoms with Crippen molar-refractivity contribution < 1.29 is 19.1 Å². The summed E-state index contributed by atoms with van der Waals surface area (Å²) in [5, 5.41) is 3.22. The van der Waals surface area contributed by atoms with Crippen LogP contribution in [0.4, 0.5) is 5.13 Å². The van der Waals surface area contributed by atoms with Crippen molar-refractivity contribution in [3.63, 3.8) is 0 Å². The highest BCUT2D eigenvalue weighted by atomic mass is 32.1. The number of carbonyl (C=O) groups is 2. The van der Waals surface area contributed by atoms with Gasteiger partial charge in [0.25, 0.3) is 0 Å². The molecule has 6 nitrogen and oxygen atoms in total. The summed E-state index contributed by atoms with van der Waals surface area (Å²) in [7, 11) is 0. The Balaban J connectivity index is 1.70. The Morgan fingerprint density at radius 1 is 1.06 bits per heavy atom. The molecule has 0 aliphatic carbocycles. The van der Waals surface area contributed by atoms with Crippen LogP contribution in [0.5, 0.6) is 5.75 Å². The van der Waals surface area contributed by atoms with Crippen molar-refractivity contribution >= 4 is 34.4 Å². The number of hydrogen-bond donors (Lipinski definition) is 1. The number of benzene rings is 2. The van der Waals surface area contributed by atoms with Crippen LogP contribution in [0, 0.1) is 0 Å². The van der Waals surface area contributed by atoms with E-state index in [0.29, 0.717) is 24.0 Å². The Morgan fingerprint density at radius 2 is 1.81 bits per heavy atom. The lowest BCUT2D eigenvalue weighted by Crippen LogP contribution is -2.07. The van der Waals surface area contributed by atoms with Gasteiger partial charge in [-0.15, -0.1) is 11.3 Å². The molecule has 3 rings (SSSR count). The normalized spacial score (nSPS) is 10.8. The van der Waals surface area contributed by atoms with E-state index >= 15 is 0 Å². The first-order chi connectivity index (χ1) is 15.6. The predicted molar refractivity (Wildman–Crippen MR) is 128 cm³/mol. The zero-order valence-corrected chi connectivity index (χ0v) is 19.0. The van der Waals surface area contributed by atoms with Crippen molar-refractivity contribution in [3.8, 4) is 17.0 Å². The summed E-state index contributed by atoms with van der Waals surface area (Å²) < 4.78 is 10.6. The Morgan fingerprint density at radius 3 is 2.50 bits per heavy atom. The number of nitrogens with one attached hydrogen (secondary N) is 1. The first-order valence-corrected chi connectivity index (χ1v) is 11.3. The molecular formula is C25H26N2O4S. The fraction of sp³-hybridized carbons (Fsp3) is 0.240. The first-order valence-electron chi connectivity index (χ1n) is 10.5. The Labute approximate surface area is 191 Å². The van der Waals surface area contributed by atoms with Crippen LogP contribution in [-0.4, -0.2) is 30.1 Å². The van der Waals surface area contributed by atoms with Crippen molar-refractivity contribution in [2.24, 2.45) is 0 Å². The highest BCUT2D eigenvalue weighted by Crippen LogP contribution is 2.31. The number of ether oxygens (including phenoxy) is 2. The molecule has 1 N–H and O–H groups in total. The van der Waals surface area contributed by atoms with Gasteiger partial charge in [-0.3, -0.25) is 14.9 Å². The molecule has 0 saturated heterocycles. The van der Waals surface area contributed by atoms with Crippen LogP contribution in [0.3, 0.4) is 0 Å². The molecule has 0 unspecified atom stereocenters. The van der Waals surface area contributed by atoms with Gasteiger partial charge in [-0.2, -0.15) is 0 Å². The minimum atomic E-state index is -0.322. The van der Waals surface area contributed by atoms with Crippen LogP contribution >= 0.6 is 11.3 Å². The third-order valence-electron chi connectivity index (χ3n) is 4.37. The summed E-state index contributed by atoms with van der Waals surface area (Å²) in [5.74, 6) is 0.184. The van der Waals surface area contributed by atoms with Gasteiger partial charge >= 0.3 is 5.97 Å². The molecule has 2 aromatic carbocycles. The smallest absolute Gasteiger partial charge is 0.311 e. The van der Waals surface area contributed by atoms with E-state index < -0.39 is 0 Å². The quantitative estimate of drug-likeness (QED) is 0.332. The lowest BCUT2D eigenvalue weighted by atomic mass is 10.1. The number of thiazole rings is 1. The van der Waals surface area contributed by atoms with Gasteiger partial charge in [0.15, 0.2) is 5.13 Å². The van der Waals surface area contributed by atoms with Gasteiger partial charge in [-0.25, -0.2) is 4.98 Å². The monoisotopic (exact) mass is 450 g/mol. The summed E-state index contributed by atoms with van der Waals surface area (Å²) in [4.78, 5) is 29.8. The number of carbonyl (C=O) groups excluding carboxylic acids is 2. The zero-order chi connectivity index (χ0) is 22.8. The maximum Gasteiger partial charge on any atom is 0.311 e. The molecule has 0 bridgehead atoms. The van der Waals surface area contributed by atoms with Gasteiger partial charge in [-0.05, 0) is 37.1 Å². The summed E-state index contributed by atoms with van der Waals surface area (Å²) in [6, 6.07) is 17.1. The maximum absolute atomic E-state index is 12.4. The SMILES string of the molecule is CCCOc1ccc(/C=C/C(=O)Nc2nc(-c3ccccc3)c(CC(=O)OCC)s2)cc1. The molecule has 1 heterocycles. The van der Waals surface area contributed by atoms with E-state index in [-0.39, 0.29) is 18.3 Å². The van der Waals surface area contributed by atoms with Crippen LogP contribution in [0.2, 0.25) is 0 Å². The molecule has 32 heavy (non-hydrogen) atoms. The molecule has 0 radical (unpaired) electrons. The second-order valence-corrected chi connectivity index (χ2v) is 7.96. The van der Waals surface area contributed by atoms with Crippen LogP contribution in [0.15, 0.2) is 60.7 Å². The van der Waals surface area contributed by atoms with E-state index in [1.807, 2.05) is 54.6 Å². The van der Waals surface area contributed by atoms with Gasteiger partial charge in [0, 0.05) is 16.5 Å². The number of esters is 1. The van der Waals surface area contributed by atoms with E-state index in [0.717, 1.165) is 28.2 Å². The molecule has 0 aliphatic rings. The van der Waals surface area contributed by atoms with Crippen molar-refractivity contribution in [1.29, 1.82) is 0 Å². The Bertz CT molecular complexity index is 1060. The van der Waals surface area contributed by atoms with Gasteiger partial charge in [0.2, 0.25) is 5.91 Å². The van der Waals surface area contributed by atoms with Crippen LogP contribution in [0.1, 0.15) is 30.7 Å². The summed E-state index contributed by atoms with van der Waals surface area (Å²) in [6.07, 6.45) is 4.24. The van der Waals surface area contributed by atoms with Crippen molar-refractivity contribution in [1.82, 2.24) is 4.98 Å². The fourth-order valence-corrected chi connectivity index (χ4v) is 3.88. The van der Waals surface area contributed by atoms with Crippen LogP contribution in [0.25, 0.3) is 17.3 Å². The molecule has 0 saturated carbocycles. The molecule has 0 aliphatic heterocycles. The summed E-state index contributed by atoms with van der Waals surface area (Å²) in [6.45, 7) is 4.82. The molecule has 0 fully saturated rings. The second-order valence-electron chi connectivity index (χ2n) is 6.88. The number of aromatic nitrogens is 1. The topological polar surface area (TPSA) is 77.5 Å². The largest absolute Gasteiger partial charge is 0.494 e. The van der Waals surface area contributed by atoms with E-state index in [2.05, 4.69) is 17.2 Å². The molecule has 0 atom stereocenters. The van der Waals surface area contributed by atoms with Crippen molar-refractivity contribution in [2.45, 2.75) is 26.7 Å². The van der Waals surface area contributed by atoms with Crippen LogP contribution in [-0.2, 0) is 20.7 Å². The minimum Gasteiger partial charge on any atom is -0.494 e. The maximum atomic E-state index is 12.4. The van der Waals surface area contributed by atoms with E-state index in [1.165, 1.54) is 17.4 Å². The zero-order valence-electron chi connectivity index (χ0n) is 18.2. The summed E-state index contributed by atoms with van der Waals surface area (Å²) >= 11 is 1.27. The molecular weight excluding hydrogens is 424 g/mol. The Hall–Kier alpha value is -3.45. The molecule has 1 aromatic heterocycles. The molecule has 7 heteroatoms. The van der Waals surface area contributed by atoms with Gasteiger partial charge in [0.05, 0.1) is 25.3 Å². The van der Waals surface area contributed by atoms with Crippen molar-refractivity contribution in [2.75, 3.05) is 18.5 Å². The first kappa shape index (κ1) is 23.2. The number of anilines is 1. The highest BCUT2D eigenvalue weighted by Gasteiger charge is 2.17. The lowest BCUT2D eigenvalue weighted by molar-refractivity contribution is -0.142. The number of amides is 1. The molecule has 1 amide bonds. The standard InChI is InChI=1S/C25H26N2O4S/c1-3-16-31-20-13-10-18(11-14-20)12-15-22(28)26-25-27-24(19-8-6-5-7-9-19)21(32-25)17-23(29)30-4-2/h5-15H,3-4,16-17H2,1-2H3,(H,26,27,28)/b15-12+. The summed E-state index contributed by atoms with van der Waals surface area (Å²) in [5.41, 5.74) is 2.44. The molecule has 0 spiro atoms. The minimum absolute atomic E-state index is 0.105. The van der Waals surface area contributed by atoms with E-state index in [4.69, 9.17) is 9.47 Å². The fourth-order valence-electron chi connectivity index (χ4n) is 2.90. The average Bonchev–Trinajstić information content (AvgIpc) is 3.19. The highest BCUT2D eigenvalue weighted by molar-refractivity contribution is 7.16. The second kappa shape index (κ2) is 11.8. The number of hydrogen-bond acceptors (Lipinski definition) is 6. The third kappa shape index (κ3) is 6.78. The number of nitrogens with zero attached hydrogens (tertiary/aromatic N) is 1. The third-order valence-corrected chi connectivity index (χ3v) is 5.34. The van der Waals surface area contributed by atoms with Gasteiger partial charge in [0.1, 0.15) is 5.75 Å². The Kier molecular flexibility index (Phi) is 8.57. The predicted octanol–water partition coefficient (Wildman–Crippen LogP) is 5.36. The molecule has 3 aromatic rings. The van der Waals surface area contributed by atoms with E-state index in [9.17, 15) is 9.59 Å². The van der Waals surface area contributed by atoms with Crippen molar-refractivity contribution in [3.05, 3.63) is 71.1 Å². The number of rotatable bonds is 10. The average molecular weight is 451 g/mol. The van der Waals surface area contributed by atoms with Crippen LogP contribution < -0.4 is 10.1 Å². The van der Waals surface area contributed by atoms with E-state index in [1.54, 1.807) is 13.0 Å². The van der Waals surface area contributed by atoms with Gasteiger partial charge in [-0.1, -0.05) is 49.4 Å². The van der Waals surface area contributed by atoms with Gasteiger partial charge < -0.3 is 9.47 Å².